The number of fused-ring (bicyclic) bond motifs is 1. The number of carbonyl (C=O) groups is 2. The fourth-order valence-electron chi connectivity index (χ4n) is 4.67. The number of nitrogens with zero attached hydrogens (tertiary/aromatic N) is 3. The second-order valence-corrected chi connectivity index (χ2v) is 10.9. The number of aliphatic imine (C=N–C) groups is 1. The monoisotopic (exact) mass is 486 g/mol. The quantitative estimate of drug-likeness (QED) is 0.295. The van der Waals surface area contributed by atoms with E-state index < -0.39 is 0 Å². The number of hydrogen-bond acceptors (Lipinski definition) is 7. The SMILES string of the molecule is N#CN=C(CC1CCc2sc(NC(=O)C3CC3)c(C(=O)NCC3CC3)c2C1)NN1CCOCC1.[HH]. The lowest BCUT2D eigenvalue weighted by Gasteiger charge is -2.30. The maximum atomic E-state index is 13.2. The number of thiophene rings is 1. The summed E-state index contributed by atoms with van der Waals surface area (Å²) in [5.74, 6) is 1.56. The van der Waals surface area contributed by atoms with Gasteiger partial charge in [0.25, 0.3) is 5.91 Å². The van der Waals surface area contributed by atoms with Crippen molar-refractivity contribution >= 4 is 34.0 Å². The summed E-state index contributed by atoms with van der Waals surface area (Å²) in [7, 11) is 0. The molecule has 2 heterocycles. The molecular weight excluding hydrogens is 452 g/mol. The van der Waals surface area contributed by atoms with E-state index in [2.05, 4.69) is 21.1 Å². The van der Waals surface area contributed by atoms with Crippen LogP contribution in [0.3, 0.4) is 0 Å². The lowest BCUT2D eigenvalue weighted by Crippen LogP contribution is -2.48. The van der Waals surface area contributed by atoms with E-state index in [0.29, 0.717) is 48.5 Å². The maximum absolute atomic E-state index is 13.2. The standard InChI is InChI=1S/C24H32N6O3S.H2/c25-14-27-20(29-30-7-9-33-10-8-30)12-16-3-6-19-18(11-16)21(23(32)26-13-15-1-2-15)24(34-19)28-22(31)17-4-5-17;/h15-17H,1-13H2,(H,26,32)(H,27,29)(H,28,31);1H. The van der Waals surface area contributed by atoms with Gasteiger partial charge in [-0.15, -0.1) is 11.3 Å². The highest BCUT2D eigenvalue weighted by Gasteiger charge is 2.34. The first kappa shape index (κ1) is 23.3. The zero-order valence-corrected chi connectivity index (χ0v) is 20.2. The third kappa shape index (κ3) is 5.77. The highest BCUT2D eigenvalue weighted by Crippen LogP contribution is 2.42. The predicted molar refractivity (Wildman–Crippen MR) is 132 cm³/mol. The Morgan fingerprint density at radius 3 is 2.68 bits per heavy atom. The van der Waals surface area contributed by atoms with Gasteiger partial charge in [0.2, 0.25) is 12.1 Å². The molecule has 34 heavy (non-hydrogen) atoms. The van der Waals surface area contributed by atoms with E-state index in [0.717, 1.165) is 50.8 Å². The van der Waals surface area contributed by atoms with E-state index in [-0.39, 0.29) is 25.1 Å². The van der Waals surface area contributed by atoms with Gasteiger partial charge in [-0.25, -0.2) is 5.01 Å². The van der Waals surface area contributed by atoms with E-state index in [1.54, 1.807) is 11.3 Å². The van der Waals surface area contributed by atoms with Crippen molar-refractivity contribution in [2.45, 2.75) is 51.4 Å². The lowest BCUT2D eigenvalue weighted by atomic mass is 9.84. The Bertz CT molecular complexity index is 1010. The second kappa shape index (κ2) is 10.4. The molecule has 1 unspecified atom stereocenters. The van der Waals surface area contributed by atoms with Crippen LogP contribution in [-0.4, -0.2) is 55.5 Å². The van der Waals surface area contributed by atoms with Crippen molar-refractivity contribution in [2.75, 3.05) is 38.2 Å². The number of nitrogens with one attached hydrogen (secondary N) is 3. The number of ether oxygens (including phenoxy) is 1. The number of aryl methyl sites for hydroxylation is 1. The van der Waals surface area contributed by atoms with Gasteiger partial charge in [-0.05, 0) is 62.3 Å². The van der Waals surface area contributed by atoms with Crippen molar-refractivity contribution in [3.05, 3.63) is 16.0 Å². The van der Waals surface area contributed by atoms with Crippen molar-refractivity contribution in [2.24, 2.45) is 22.7 Å². The van der Waals surface area contributed by atoms with E-state index >= 15 is 0 Å². The largest absolute Gasteiger partial charge is 0.379 e. The normalized spacial score (nSPS) is 23.0. The summed E-state index contributed by atoms with van der Waals surface area (Å²) < 4.78 is 5.40. The third-order valence-electron chi connectivity index (χ3n) is 6.99. The summed E-state index contributed by atoms with van der Waals surface area (Å²) in [4.78, 5) is 31.0. The van der Waals surface area contributed by atoms with Gasteiger partial charge in [-0.1, -0.05) is 0 Å². The fraction of sp³-hybridized carbons (Fsp3) is 0.667. The molecule has 9 nitrogen and oxygen atoms in total. The molecule has 1 aliphatic heterocycles. The van der Waals surface area contributed by atoms with Crippen molar-refractivity contribution in [1.29, 1.82) is 5.26 Å². The molecule has 0 radical (unpaired) electrons. The van der Waals surface area contributed by atoms with Gasteiger partial charge < -0.3 is 20.8 Å². The third-order valence-corrected chi connectivity index (χ3v) is 8.20. The lowest BCUT2D eigenvalue weighted by molar-refractivity contribution is -0.117. The molecule has 1 aromatic rings. The molecule has 0 bridgehead atoms. The van der Waals surface area contributed by atoms with E-state index in [1.807, 2.05) is 11.2 Å². The molecule has 3 fully saturated rings. The van der Waals surface area contributed by atoms with Crippen LogP contribution < -0.4 is 16.1 Å². The molecule has 3 N–H and O–H groups in total. The fourth-order valence-corrected chi connectivity index (χ4v) is 5.92. The molecule has 2 amide bonds. The minimum Gasteiger partial charge on any atom is -0.379 e. The molecule has 0 aromatic carbocycles. The number of nitriles is 1. The van der Waals surface area contributed by atoms with E-state index in [1.165, 1.54) is 17.7 Å². The molecule has 1 aromatic heterocycles. The minimum absolute atomic E-state index is 0. The van der Waals surface area contributed by atoms with Crippen LogP contribution in [0.1, 0.15) is 60.8 Å². The molecule has 2 saturated carbocycles. The number of amides is 2. The molecule has 4 aliphatic rings. The number of hydrogen-bond donors (Lipinski definition) is 3. The van der Waals surface area contributed by atoms with Crippen LogP contribution >= 0.6 is 11.3 Å². The summed E-state index contributed by atoms with van der Waals surface area (Å²) in [6.07, 6.45) is 9.35. The van der Waals surface area contributed by atoms with Gasteiger partial charge >= 0.3 is 0 Å². The summed E-state index contributed by atoms with van der Waals surface area (Å²) >= 11 is 1.56. The highest BCUT2D eigenvalue weighted by molar-refractivity contribution is 7.17. The minimum atomic E-state index is -0.0755. The number of morpholine rings is 1. The predicted octanol–water partition coefficient (Wildman–Crippen LogP) is 2.69. The second-order valence-electron chi connectivity index (χ2n) is 9.81. The molecule has 0 spiro atoms. The van der Waals surface area contributed by atoms with Crippen LogP contribution in [0, 0.1) is 29.2 Å². The Morgan fingerprint density at radius 2 is 1.97 bits per heavy atom. The van der Waals surface area contributed by atoms with Crippen molar-refractivity contribution in [3.63, 3.8) is 0 Å². The topological polar surface area (TPSA) is 119 Å². The van der Waals surface area contributed by atoms with Gasteiger partial charge in [-0.2, -0.15) is 10.3 Å². The van der Waals surface area contributed by atoms with Crippen LogP contribution in [0.4, 0.5) is 5.00 Å². The highest BCUT2D eigenvalue weighted by atomic mass is 32.1. The van der Waals surface area contributed by atoms with E-state index in [9.17, 15) is 14.9 Å². The van der Waals surface area contributed by atoms with Gasteiger partial charge in [-0.3, -0.25) is 9.59 Å². The molecule has 1 saturated heterocycles. The molecule has 1 atom stereocenters. The number of hydrazine groups is 1. The molecule has 184 valence electrons. The maximum Gasteiger partial charge on any atom is 0.254 e. The average molecular weight is 487 g/mol. The van der Waals surface area contributed by atoms with Gasteiger partial charge in [0.1, 0.15) is 10.8 Å². The van der Waals surface area contributed by atoms with Gasteiger partial charge in [0, 0.05) is 38.3 Å². The number of rotatable bonds is 8. The number of anilines is 1. The summed E-state index contributed by atoms with van der Waals surface area (Å²) in [6, 6.07) is 0. The Labute approximate surface area is 205 Å². The first-order valence-electron chi connectivity index (χ1n) is 12.4. The number of amidine groups is 1. The zero-order valence-electron chi connectivity index (χ0n) is 19.4. The van der Waals surface area contributed by atoms with Crippen molar-refractivity contribution in [3.8, 4) is 6.19 Å². The zero-order chi connectivity index (χ0) is 23.5. The summed E-state index contributed by atoms with van der Waals surface area (Å²) in [5, 5.41) is 18.1. The van der Waals surface area contributed by atoms with Crippen LogP contribution in [0.15, 0.2) is 4.99 Å². The summed E-state index contributed by atoms with van der Waals surface area (Å²) in [5.41, 5.74) is 5.01. The van der Waals surface area contributed by atoms with Crippen LogP contribution in [-0.2, 0) is 22.4 Å². The Hall–Kier alpha value is -2.48. The molecule has 5 rings (SSSR count). The van der Waals surface area contributed by atoms with Crippen LogP contribution in [0.5, 0.6) is 0 Å². The number of carbonyl (C=O) groups excluding carboxylic acids is 2. The molecule has 10 heteroatoms. The smallest absolute Gasteiger partial charge is 0.254 e. The molecule has 3 aliphatic carbocycles. The van der Waals surface area contributed by atoms with Gasteiger partial charge in [0.05, 0.1) is 18.8 Å². The Kier molecular flexibility index (Phi) is 7.13. The first-order valence-corrected chi connectivity index (χ1v) is 13.2. The van der Waals surface area contributed by atoms with Crippen molar-refractivity contribution < 1.29 is 15.8 Å². The van der Waals surface area contributed by atoms with Crippen molar-refractivity contribution in [1.82, 2.24) is 15.8 Å². The Balaban J connectivity index is 0.00000289. The van der Waals surface area contributed by atoms with E-state index in [4.69, 9.17) is 4.74 Å². The Morgan fingerprint density at radius 1 is 1.18 bits per heavy atom. The molecular formula is C24H34N6O3S. The van der Waals surface area contributed by atoms with Gasteiger partial charge in [0.15, 0.2) is 0 Å². The first-order chi connectivity index (χ1) is 16.6. The summed E-state index contributed by atoms with van der Waals surface area (Å²) in [6.45, 7) is 3.51. The van der Waals surface area contributed by atoms with Crippen LogP contribution in [0.2, 0.25) is 0 Å². The van der Waals surface area contributed by atoms with Crippen LogP contribution in [0.25, 0.3) is 0 Å². The average Bonchev–Trinajstić information content (AvgIpc) is 3.75.